The molecule has 0 aromatic heterocycles. The van der Waals surface area contributed by atoms with Gasteiger partial charge < -0.3 is 9.47 Å². The van der Waals surface area contributed by atoms with Crippen LogP contribution in [0.25, 0.3) is 6.08 Å². The van der Waals surface area contributed by atoms with Crippen LogP contribution < -0.4 is 19.7 Å². The van der Waals surface area contributed by atoms with Crippen LogP contribution in [0, 0.1) is 3.57 Å². The van der Waals surface area contributed by atoms with Crippen LogP contribution in [-0.4, -0.2) is 25.0 Å². The number of nitrogens with zero attached hydrogens (tertiary/aromatic N) is 1. The first-order chi connectivity index (χ1) is 16.4. The van der Waals surface area contributed by atoms with Crippen LogP contribution in [0.5, 0.6) is 11.5 Å². The zero-order valence-corrected chi connectivity index (χ0v) is 20.8. The van der Waals surface area contributed by atoms with Crippen LogP contribution in [0.2, 0.25) is 5.02 Å². The van der Waals surface area contributed by atoms with Crippen molar-refractivity contribution >= 4 is 63.8 Å². The minimum atomic E-state index is -0.828. The molecule has 0 spiro atoms. The number of benzene rings is 3. The summed E-state index contributed by atoms with van der Waals surface area (Å²) in [4.78, 5) is 38.8. The highest BCUT2D eigenvalue weighted by Crippen LogP contribution is 2.35. The topological polar surface area (TPSA) is 84.9 Å². The Morgan fingerprint density at radius 3 is 2.41 bits per heavy atom. The number of urea groups is 1. The largest absolute Gasteiger partial charge is 0.493 e. The molecule has 0 aliphatic carbocycles. The standard InChI is InChI=1S/C25H18ClIN2O5/c1-33-21-13-16(12-20(27)22(21)34-14-15-5-3-2-4-6-15)11-19-23(30)28-25(32)29(24(19)31)18-9-7-17(26)8-10-18/h2-13H,14H2,1H3,(H,28,30,32)/b19-11-. The van der Waals surface area contributed by atoms with Crippen molar-refractivity contribution in [2.75, 3.05) is 12.0 Å². The summed E-state index contributed by atoms with van der Waals surface area (Å²) in [6.45, 7) is 0.354. The Morgan fingerprint density at radius 2 is 1.74 bits per heavy atom. The van der Waals surface area contributed by atoms with E-state index < -0.39 is 17.8 Å². The molecule has 0 unspecified atom stereocenters. The third kappa shape index (κ3) is 5.07. The number of imide groups is 2. The van der Waals surface area contributed by atoms with Crippen molar-refractivity contribution < 1.29 is 23.9 Å². The molecular weight excluding hydrogens is 571 g/mol. The molecule has 34 heavy (non-hydrogen) atoms. The van der Waals surface area contributed by atoms with Gasteiger partial charge in [0.25, 0.3) is 11.8 Å². The number of rotatable bonds is 6. The third-order valence-corrected chi connectivity index (χ3v) is 6.03. The van der Waals surface area contributed by atoms with Crippen molar-refractivity contribution in [1.82, 2.24) is 5.32 Å². The second-order valence-electron chi connectivity index (χ2n) is 7.24. The molecule has 9 heteroatoms. The molecule has 3 aromatic rings. The van der Waals surface area contributed by atoms with Gasteiger partial charge in [-0.25, -0.2) is 9.69 Å². The lowest BCUT2D eigenvalue weighted by Crippen LogP contribution is -2.54. The quantitative estimate of drug-likeness (QED) is 0.243. The summed E-state index contributed by atoms with van der Waals surface area (Å²) in [6.07, 6.45) is 1.42. The molecule has 0 bridgehead atoms. The first kappa shape index (κ1) is 23.8. The predicted molar refractivity (Wildman–Crippen MR) is 137 cm³/mol. The molecule has 4 amide bonds. The third-order valence-electron chi connectivity index (χ3n) is 4.98. The molecule has 0 saturated carbocycles. The van der Waals surface area contributed by atoms with Crippen molar-refractivity contribution in [2.24, 2.45) is 0 Å². The van der Waals surface area contributed by atoms with Crippen LogP contribution in [0.4, 0.5) is 10.5 Å². The molecular formula is C25H18ClIN2O5. The second-order valence-corrected chi connectivity index (χ2v) is 8.84. The van der Waals surface area contributed by atoms with Gasteiger partial charge in [0.2, 0.25) is 0 Å². The Balaban J connectivity index is 1.64. The highest BCUT2D eigenvalue weighted by Gasteiger charge is 2.36. The number of ether oxygens (including phenoxy) is 2. The second kappa shape index (κ2) is 10.3. The van der Waals surface area contributed by atoms with Gasteiger partial charge in [0.1, 0.15) is 12.2 Å². The Bertz CT molecular complexity index is 1290. The molecule has 1 fully saturated rings. The summed E-state index contributed by atoms with van der Waals surface area (Å²) in [7, 11) is 1.51. The zero-order chi connectivity index (χ0) is 24.2. The van der Waals surface area contributed by atoms with Crippen LogP contribution in [-0.2, 0) is 16.2 Å². The Labute approximate surface area is 214 Å². The molecule has 1 aliphatic heterocycles. The van der Waals surface area contributed by atoms with E-state index in [0.29, 0.717) is 34.4 Å². The van der Waals surface area contributed by atoms with Gasteiger partial charge in [0, 0.05) is 5.02 Å². The highest BCUT2D eigenvalue weighted by molar-refractivity contribution is 14.1. The summed E-state index contributed by atoms with van der Waals surface area (Å²) >= 11 is 8.01. The van der Waals surface area contributed by atoms with Crippen molar-refractivity contribution in [2.45, 2.75) is 6.61 Å². The minimum Gasteiger partial charge on any atom is -0.493 e. The number of halogens is 2. The van der Waals surface area contributed by atoms with E-state index in [-0.39, 0.29) is 5.57 Å². The lowest BCUT2D eigenvalue weighted by atomic mass is 10.1. The number of amides is 4. The number of barbiturate groups is 1. The maximum Gasteiger partial charge on any atom is 0.335 e. The highest BCUT2D eigenvalue weighted by atomic mass is 127. The van der Waals surface area contributed by atoms with Gasteiger partial charge in [-0.3, -0.25) is 14.9 Å². The van der Waals surface area contributed by atoms with Crippen LogP contribution in [0.15, 0.2) is 72.3 Å². The first-order valence-electron chi connectivity index (χ1n) is 10.1. The molecule has 172 valence electrons. The van der Waals surface area contributed by atoms with E-state index in [1.165, 1.54) is 25.3 Å². The van der Waals surface area contributed by atoms with E-state index in [4.69, 9.17) is 21.1 Å². The number of carbonyl (C=O) groups is 3. The summed E-state index contributed by atoms with van der Waals surface area (Å²) in [5, 5.41) is 2.66. The molecule has 7 nitrogen and oxygen atoms in total. The SMILES string of the molecule is COc1cc(/C=C2/C(=O)NC(=O)N(c3ccc(Cl)cc3)C2=O)cc(I)c1OCc1ccccc1. The predicted octanol–water partition coefficient (Wildman–Crippen LogP) is 5.20. The number of hydrogen-bond acceptors (Lipinski definition) is 5. The van der Waals surface area contributed by atoms with Crippen molar-refractivity contribution in [1.29, 1.82) is 0 Å². The van der Waals surface area contributed by atoms with E-state index in [1.807, 2.05) is 30.3 Å². The maximum atomic E-state index is 13.1. The minimum absolute atomic E-state index is 0.189. The Morgan fingerprint density at radius 1 is 1.03 bits per heavy atom. The smallest absolute Gasteiger partial charge is 0.335 e. The summed E-state index contributed by atoms with van der Waals surface area (Å²) in [6, 6.07) is 18.5. The average molecular weight is 589 g/mol. The van der Waals surface area contributed by atoms with Gasteiger partial charge in [0.15, 0.2) is 11.5 Å². The van der Waals surface area contributed by atoms with Crippen molar-refractivity contribution in [3.63, 3.8) is 0 Å². The molecule has 0 atom stereocenters. The lowest BCUT2D eigenvalue weighted by Gasteiger charge is -2.26. The van der Waals surface area contributed by atoms with Crippen molar-refractivity contribution in [3.05, 3.63) is 92.0 Å². The monoisotopic (exact) mass is 588 g/mol. The van der Waals surface area contributed by atoms with Crippen LogP contribution in [0.3, 0.4) is 0 Å². The fourth-order valence-electron chi connectivity index (χ4n) is 3.34. The Kier molecular flexibility index (Phi) is 7.18. The van der Waals surface area contributed by atoms with E-state index in [2.05, 4.69) is 27.9 Å². The van der Waals surface area contributed by atoms with Crippen LogP contribution in [0.1, 0.15) is 11.1 Å². The van der Waals surface area contributed by atoms with E-state index in [9.17, 15) is 14.4 Å². The van der Waals surface area contributed by atoms with Gasteiger partial charge in [-0.15, -0.1) is 0 Å². The summed E-state index contributed by atoms with van der Waals surface area (Å²) in [5.41, 5.74) is 1.65. The van der Waals surface area contributed by atoms with Gasteiger partial charge in [-0.05, 0) is 76.2 Å². The van der Waals surface area contributed by atoms with Gasteiger partial charge in [0.05, 0.1) is 16.4 Å². The normalized spacial score (nSPS) is 14.9. The number of anilines is 1. The average Bonchev–Trinajstić information content (AvgIpc) is 2.82. The van der Waals surface area contributed by atoms with E-state index in [0.717, 1.165) is 14.0 Å². The molecule has 1 aliphatic rings. The molecule has 3 aromatic carbocycles. The molecule has 1 N–H and O–H groups in total. The first-order valence-corrected chi connectivity index (χ1v) is 11.5. The summed E-state index contributed by atoms with van der Waals surface area (Å²) < 4.78 is 12.2. The lowest BCUT2D eigenvalue weighted by molar-refractivity contribution is -0.122. The summed E-state index contributed by atoms with van der Waals surface area (Å²) in [5.74, 6) is -0.525. The van der Waals surface area contributed by atoms with Gasteiger partial charge >= 0.3 is 6.03 Å². The van der Waals surface area contributed by atoms with E-state index >= 15 is 0 Å². The number of carbonyl (C=O) groups excluding carboxylic acids is 3. The van der Waals surface area contributed by atoms with Crippen molar-refractivity contribution in [3.8, 4) is 11.5 Å². The van der Waals surface area contributed by atoms with E-state index in [1.54, 1.807) is 24.3 Å². The Hall–Kier alpha value is -3.37. The molecule has 0 radical (unpaired) electrons. The van der Waals surface area contributed by atoms with Crippen LogP contribution >= 0.6 is 34.2 Å². The number of nitrogens with one attached hydrogen (secondary N) is 1. The number of hydrogen-bond donors (Lipinski definition) is 1. The maximum absolute atomic E-state index is 13.1. The molecule has 1 heterocycles. The van der Waals surface area contributed by atoms with Gasteiger partial charge in [-0.1, -0.05) is 41.9 Å². The fraction of sp³-hybridized carbons (Fsp3) is 0.0800. The fourth-order valence-corrected chi connectivity index (χ4v) is 4.25. The molecule has 4 rings (SSSR count). The van der Waals surface area contributed by atoms with Gasteiger partial charge in [-0.2, -0.15) is 0 Å². The molecule has 1 saturated heterocycles. The number of methoxy groups -OCH3 is 1. The zero-order valence-electron chi connectivity index (χ0n) is 17.9.